The molecule has 0 bridgehead atoms. The predicted molar refractivity (Wildman–Crippen MR) is 67.2 cm³/mol. The summed E-state index contributed by atoms with van der Waals surface area (Å²) in [5, 5.41) is 0. The van der Waals surface area contributed by atoms with Gasteiger partial charge < -0.3 is 0 Å². The maximum absolute atomic E-state index is 5.34. The van der Waals surface area contributed by atoms with Crippen LogP contribution in [0.4, 0.5) is 0 Å². The van der Waals surface area contributed by atoms with Crippen molar-refractivity contribution in [3.63, 3.8) is 0 Å². The van der Waals surface area contributed by atoms with Gasteiger partial charge in [0.25, 0.3) is 0 Å². The molecule has 0 unspecified atom stereocenters. The van der Waals surface area contributed by atoms with Crippen LogP contribution in [0.3, 0.4) is 0 Å². The van der Waals surface area contributed by atoms with Crippen LogP contribution in [0.1, 0.15) is 68.2 Å². The first-order chi connectivity index (χ1) is 7.54. The first-order valence-electron chi connectivity index (χ1n) is 6.27. The SMILES string of the molecule is CCC(C)(C)OOC(C)(C)OOC(C)(C)CC. The molecular weight excluding hydrogens is 220 g/mol. The molecular formula is C13H28O4. The lowest BCUT2D eigenvalue weighted by molar-refractivity contribution is -0.534. The Balaban J connectivity index is 4.13. The van der Waals surface area contributed by atoms with Gasteiger partial charge in [0.15, 0.2) is 0 Å². The van der Waals surface area contributed by atoms with Gasteiger partial charge in [0.1, 0.15) is 0 Å². The second-order valence-electron chi connectivity index (χ2n) is 5.96. The third kappa shape index (κ3) is 7.71. The van der Waals surface area contributed by atoms with Crippen molar-refractivity contribution in [1.82, 2.24) is 0 Å². The molecule has 0 N–H and O–H groups in total. The Morgan fingerprint density at radius 2 is 0.882 bits per heavy atom. The summed E-state index contributed by atoms with van der Waals surface area (Å²) in [5.74, 6) is -0.932. The molecule has 0 saturated carbocycles. The summed E-state index contributed by atoms with van der Waals surface area (Å²) < 4.78 is 0. The number of rotatable bonds is 8. The fourth-order valence-corrected chi connectivity index (χ4v) is 0.558. The highest BCUT2D eigenvalue weighted by Gasteiger charge is 2.30. The Kier molecular flexibility index (Phi) is 6.08. The molecule has 0 aromatic carbocycles. The lowest BCUT2D eigenvalue weighted by Gasteiger charge is -2.31. The van der Waals surface area contributed by atoms with E-state index in [2.05, 4.69) is 0 Å². The fourth-order valence-electron chi connectivity index (χ4n) is 0.558. The van der Waals surface area contributed by atoms with Crippen LogP contribution in [0.5, 0.6) is 0 Å². The molecule has 0 amide bonds. The topological polar surface area (TPSA) is 36.9 Å². The molecule has 104 valence electrons. The second kappa shape index (κ2) is 6.14. The van der Waals surface area contributed by atoms with Crippen molar-refractivity contribution in [2.45, 2.75) is 85.2 Å². The van der Waals surface area contributed by atoms with Crippen LogP contribution in [0.2, 0.25) is 0 Å². The van der Waals surface area contributed by atoms with Gasteiger partial charge in [-0.05, 0) is 54.4 Å². The van der Waals surface area contributed by atoms with Crippen molar-refractivity contribution in [1.29, 1.82) is 0 Å². The highest BCUT2D eigenvalue weighted by Crippen LogP contribution is 2.23. The summed E-state index contributed by atoms with van der Waals surface area (Å²) in [7, 11) is 0. The predicted octanol–water partition coefficient (Wildman–Crippen LogP) is 4.00. The minimum Gasteiger partial charge on any atom is -0.228 e. The van der Waals surface area contributed by atoms with Gasteiger partial charge in [0.2, 0.25) is 5.79 Å². The molecule has 0 radical (unpaired) electrons. The molecule has 0 saturated heterocycles. The number of hydrogen-bond acceptors (Lipinski definition) is 4. The Bertz CT molecular complexity index is 199. The van der Waals surface area contributed by atoms with E-state index in [9.17, 15) is 0 Å². The molecule has 17 heavy (non-hydrogen) atoms. The van der Waals surface area contributed by atoms with E-state index < -0.39 is 5.79 Å². The zero-order valence-corrected chi connectivity index (χ0v) is 12.5. The quantitative estimate of drug-likeness (QED) is 0.369. The first kappa shape index (κ1) is 16.8. The monoisotopic (exact) mass is 248 g/mol. The third-order valence-electron chi connectivity index (χ3n) is 2.64. The summed E-state index contributed by atoms with van der Waals surface area (Å²) in [5.41, 5.74) is -0.665. The van der Waals surface area contributed by atoms with Crippen molar-refractivity contribution in [3.05, 3.63) is 0 Å². The van der Waals surface area contributed by atoms with Crippen LogP contribution in [0.25, 0.3) is 0 Å². The van der Waals surface area contributed by atoms with Gasteiger partial charge in [0, 0.05) is 0 Å². The molecule has 0 spiro atoms. The maximum Gasteiger partial charge on any atom is 0.228 e. The van der Waals surface area contributed by atoms with Gasteiger partial charge in [-0.1, -0.05) is 13.8 Å². The zero-order valence-electron chi connectivity index (χ0n) is 12.5. The molecule has 4 nitrogen and oxygen atoms in total. The molecule has 0 aromatic rings. The van der Waals surface area contributed by atoms with E-state index in [0.717, 1.165) is 12.8 Å². The third-order valence-corrected chi connectivity index (χ3v) is 2.64. The summed E-state index contributed by atoms with van der Waals surface area (Å²) >= 11 is 0. The lowest BCUT2D eigenvalue weighted by Crippen LogP contribution is -2.37. The lowest BCUT2D eigenvalue weighted by atomic mass is 10.1. The molecule has 0 fully saturated rings. The van der Waals surface area contributed by atoms with Crippen LogP contribution in [-0.2, 0) is 19.6 Å². The van der Waals surface area contributed by atoms with Crippen molar-refractivity contribution in [3.8, 4) is 0 Å². The average Bonchev–Trinajstić information content (AvgIpc) is 2.25. The smallest absolute Gasteiger partial charge is 0.228 e. The fraction of sp³-hybridized carbons (Fsp3) is 1.00. The van der Waals surface area contributed by atoms with Crippen LogP contribution in [0, 0.1) is 0 Å². The van der Waals surface area contributed by atoms with Crippen molar-refractivity contribution < 1.29 is 19.6 Å². The molecule has 0 heterocycles. The van der Waals surface area contributed by atoms with Crippen molar-refractivity contribution in [2.75, 3.05) is 0 Å². The van der Waals surface area contributed by atoms with Crippen LogP contribution in [-0.4, -0.2) is 17.0 Å². The Hall–Kier alpha value is -0.160. The highest BCUT2D eigenvalue weighted by molar-refractivity contribution is 4.64. The van der Waals surface area contributed by atoms with Gasteiger partial charge in [0.05, 0.1) is 11.2 Å². The van der Waals surface area contributed by atoms with Crippen LogP contribution in [0.15, 0.2) is 0 Å². The van der Waals surface area contributed by atoms with E-state index in [1.165, 1.54) is 0 Å². The summed E-state index contributed by atoms with van der Waals surface area (Å²) in [6.45, 7) is 15.4. The largest absolute Gasteiger partial charge is 0.228 e. The second-order valence-corrected chi connectivity index (χ2v) is 5.96. The molecule has 4 heteroatoms. The zero-order chi connectivity index (χ0) is 13.7. The van der Waals surface area contributed by atoms with E-state index in [1.54, 1.807) is 13.8 Å². The van der Waals surface area contributed by atoms with E-state index in [1.807, 2.05) is 41.5 Å². The van der Waals surface area contributed by atoms with E-state index >= 15 is 0 Å². The van der Waals surface area contributed by atoms with Crippen LogP contribution >= 0.6 is 0 Å². The number of hydrogen-bond donors (Lipinski definition) is 0. The van der Waals surface area contributed by atoms with Gasteiger partial charge >= 0.3 is 0 Å². The van der Waals surface area contributed by atoms with E-state index in [-0.39, 0.29) is 11.2 Å². The van der Waals surface area contributed by atoms with Gasteiger partial charge in [-0.3, -0.25) is 0 Å². The molecule has 0 aliphatic heterocycles. The Morgan fingerprint density at radius 1 is 0.588 bits per heavy atom. The Morgan fingerprint density at radius 3 is 1.12 bits per heavy atom. The van der Waals surface area contributed by atoms with Crippen LogP contribution < -0.4 is 0 Å². The Labute approximate surface area is 105 Å². The maximum atomic E-state index is 5.34. The molecule has 0 aliphatic carbocycles. The van der Waals surface area contributed by atoms with E-state index in [0.29, 0.717) is 0 Å². The molecule has 0 atom stereocenters. The first-order valence-corrected chi connectivity index (χ1v) is 6.27. The molecule has 0 aliphatic rings. The summed E-state index contributed by atoms with van der Waals surface area (Å²) in [4.78, 5) is 21.2. The van der Waals surface area contributed by atoms with Gasteiger partial charge in [-0.25, -0.2) is 9.78 Å². The normalized spacial score (nSPS) is 14.1. The van der Waals surface area contributed by atoms with E-state index in [4.69, 9.17) is 19.6 Å². The van der Waals surface area contributed by atoms with Crippen molar-refractivity contribution in [2.24, 2.45) is 0 Å². The summed E-state index contributed by atoms with van der Waals surface area (Å²) in [6.07, 6.45) is 1.70. The van der Waals surface area contributed by atoms with Gasteiger partial charge in [-0.2, -0.15) is 9.78 Å². The molecule has 0 rings (SSSR count). The summed E-state index contributed by atoms with van der Waals surface area (Å²) in [6, 6.07) is 0. The molecule has 0 aromatic heterocycles. The minimum atomic E-state index is -0.932. The average molecular weight is 248 g/mol. The minimum absolute atomic E-state index is 0.332. The van der Waals surface area contributed by atoms with Gasteiger partial charge in [-0.15, -0.1) is 0 Å². The van der Waals surface area contributed by atoms with Crippen molar-refractivity contribution >= 4 is 0 Å². The highest BCUT2D eigenvalue weighted by atomic mass is 17.3. The standard InChI is InChI=1S/C13H28O4/c1-9-11(3,4)14-16-13(7,8)17-15-12(5,6)10-2/h9-10H2,1-8H3.